The lowest BCUT2D eigenvalue weighted by atomic mass is 10.2. The van der Waals surface area contributed by atoms with Crippen molar-refractivity contribution in [3.8, 4) is 22.8 Å². The molecule has 0 radical (unpaired) electrons. The van der Waals surface area contributed by atoms with Crippen LogP contribution in [0.4, 0.5) is 0 Å². The smallest absolute Gasteiger partial charge is 0.191 e. The van der Waals surface area contributed by atoms with Gasteiger partial charge in [0.05, 0.1) is 20.2 Å². The van der Waals surface area contributed by atoms with Gasteiger partial charge in [-0.25, -0.2) is 0 Å². The van der Waals surface area contributed by atoms with E-state index < -0.39 is 0 Å². The van der Waals surface area contributed by atoms with E-state index in [1.807, 2.05) is 67.6 Å². The molecule has 7 nitrogen and oxygen atoms in total. The Kier molecular flexibility index (Phi) is 7.10. The zero-order chi connectivity index (χ0) is 20.5. The number of ether oxygens (including phenoxy) is 2. The molecule has 1 unspecified atom stereocenters. The molecule has 0 aliphatic heterocycles. The molecule has 0 amide bonds. The van der Waals surface area contributed by atoms with Gasteiger partial charge >= 0.3 is 0 Å². The molecule has 3 aromatic rings. The standard InChI is InChI=1S/C22H26N4O3/c1-16(28-20-11-7-10-19(13-20)27-3)14-24-22(23-2)25-15-18-12-21(29-26-18)17-8-5-4-6-9-17/h4-13,16H,14-15H2,1-3H3,(H2,23,24,25). The molecule has 0 spiro atoms. The molecule has 2 N–H and O–H groups in total. The summed E-state index contributed by atoms with van der Waals surface area (Å²) in [6.07, 6.45) is -0.0580. The maximum Gasteiger partial charge on any atom is 0.191 e. The fourth-order valence-electron chi connectivity index (χ4n) is 2.72. The van der Waals surface area contributed by atoms with Crippen LogP contribution in [0.25, 0.3) is 11.3 Å². The summed E-state index contributed by atoms with van der Waals surface area (Å²) in [5.74, 6) is 2.93. The first-order valence-electron chi connectivity index (χ1n) is 9.44. The minimum Gasteiger partial charge on any atom is -0.497 e. The Morgan fingerprint density at radius 3 is 2.62 bits per heavy atom. The first kappa shape index (κ1) is 20.3. The monoisotopic (exact) mass is 394 g/mol. The normalized spacial score (nSPS) is 12.3. The lowest BCUT2D eigenvalue weighted by Gasteiger charge is -2.17. The molecule has 3 rings (SSSR count). The van der Waals surface area contributed by atoms with Gasteiger partial charge in [0.25, 0.3) is 0 Å². The predicted molar refractivity (Wildman–Crippen MR) is 113 cm³/mol. The summed E-state index contributed by atoms with van der Waals surface area (Å²) in [6, 6.07) is 19.3. The zero-order valence-electron chi connectivity index (χ0n) is 16.9. The molecule has 152 valence electrons. The summed E-state index contributed by atoms with van der Waals surface area (Å²) >= 11 is 0. The number of aromatic nitrogens is 1. The Morgan fingerprint density at radius 2 is 1.86 bits per heavy atom. The molecule has 1 atom stereocenters. The average molecular weight is 394 g/mol. The van der Waals surface area contributed by atoms with Crippen molar-refractivity contribution in [2.24, 2.45) is 4.99 Å². The molecule has 0 fully saturated rings. The Labute approximate surface area is 170 Å². The summed E-state index contributed by atoms with van der Waals surface area (Å²) < 4.78 is 16.6. The molecule has 1 heterocycles. The van der Waals surface area contributed by atoms with E-state index in [0.717, 1.165) is 28.5 Å². The number of benzene rings is 2. The summed E-state index contributed by atoms with van der Waals surface area (Å²) in [7, 11) is 3.36. The van der Waals surface area contributed by atoms with Crippen LogP contribution < -0.4 is 20.1 Å². The van der Waals surface area contributed by atoms with E-state index in [4.69, 9.17) is 14.0 Å². The Hall–Kier alpha value is -3.48. The summed E-state index contributed by atoms with van der Waals surface area (Å²) in [6.45, 7) is 3.08. The highest BCUT2D eigenvalue weighted by molar-refractivity contribution is 5.79. The topological polar surface area (TPSA) is 80.9 Å². The van der Waals surface area contributed by atoms with E-state index in [9.17, 15) is 0 Å². The number of nitrogens with one attached hydrogen (secondary N) is 2. The molecule has 0 saturated heterocycles. The molecule has 0 aliphatic rings. The van der Waals surface area contributed by atoms with Gasteiger partial charge in [-0.1, -0.05) is 41.6 Å². The van der Waals surface area contributed by atoms with Crippen molar-refractivity contribution in [2.45, 2.75) is 19.6 Å². The van der Waals surface area contributed by atoms with Gasteiger partial charge in [-0.05, 0) is 19.1 Å². The fraction of sp³-hybridized carbons (Fsp3) is 0.273. The quantitative estimate of drug-likeness (QED) is 0.450. The summed E-state index contributed by atoms with van der Waals surface area (Å²) in [5, 5.41) is 10.6. The second-order valence-electron chi connectivity index (χ2n) is 6.46. The second kappa shape index (κ2) is 10.2. The molecule has 29 heavy (non-hydrogen) atoms. The van der Waals surface area contributed by atoms with Crippen molar-refractivity contribution in [2.75, 3.05) is 20.7 Å². The largest absolute Gasteiger partial charge is 0.497 e. The van der Waals surface area contributed by atoms with Gasteiger partial charge in [-0.2, -0.15) is 0 Å². The van der Waals surface area contributed by atoms with Crippen LogP contribution in [0.1, 0.15) is 12.6 Å². The van der Waals surface area contributed by atoms with E-state index in [0.29, 0.717) is 19.0 Å². The first-order valence-corrected chi connectivity index (χ1v) is 9.44. The van der Waals surface area contributed by atoms with Gasteiger partial charge < -0.3 is 24.6 Å². The van der Waals surface area contributed by atoms with E-state index in [-0.39, 0.29) is 6.10 Å². The van der Waals surface area contributed by atoms with Crippen LogP contribution in [-0.2, 0) is 6.54 Å². The van der Waals surface area contributed by atoms with Crippen LogP contribution in [0.2, 0.25) is 0 Å². The minimum atomic E-state index is -0.0580. The van der Waals surface area contributed by atoms with Gasteiger partial charge in [-0.15, -0.1) is 0 Å². The van der Waals surface area contributed by atoms with Crippen molar-refractivity contribution >= 4 is 5.96 Å². The third-order valence-corrected chi connectivity index (χ3v) is 4.21. The van der Waals surface area contributed by atoms with Crippen molar-refractivity contribution in [3.05, 3.63) is 66.4 Å². The zero-order valence-corrected chi connectivity index (χ0v) is 16.9. The van der Waals surface area contributed by atoms with Gasteiger partial charge in [-0.3, -0.25) is 4.99 Å². The van der Waals surface area contributed by atoms with Gasteiger partial charge in [0.15, 0.2) is 11.7 Å². The average Bonchev–Trinajstić information content (AvgIpc) is 3.24. The maximum atomic E-state index is 5.91. The second-order valence-corrected chi connectivity index (χ2v) is 6.46. The van der Waals surface area contributed by atoms with Crippen LogP contribution >= 0.6 is 0 Å². The molecule has 0 saturated carbocycles. The van der Waals surface area contributed by atoms with Crippen molar-refractivity contribution in [3.63, 3.8) is 0 Å². The summed E-state index contributed by atoms with van der Waals surface area (Å²) in [4.78, 5) is 4.23. The molecule has 2 aromatic carbocycles. The number of methoxy groups -OCH3 is 1. The van der Waals surface area contributed by atoms with E-state index >= 15 is 0 Å². The molecule has 0 aliphatic carbocycles. The van der Waals surface area contributed by atoms with Crippen LogP contribution in [0.5, 0.6) is 11.5 Å². The van der Waals surface area contributed by atoms with Crippen molar-refractivity contribution < 1.29 is 14.0 Å². The minimum absolute atomic E-state index is 0.0580. The third kappa shape index (κ3) is 6.00. The number of nitrogens with zero attached hydrogens (tertiary/aromatic N) is 2. The number of aliphatic imine (C=N–C) groups is 1. The fourth-order valence-corrected chi connectivity index (χ4v) is 2.72. The molecular formula is C22H26N4O3. The highest BCUT2D eigenvalue weighted by Crippen LogP contribution is 2.20. The van der Waals surface area contributed by atoms with Crippen LogP contribution in [-0.4, -0.2) is 37.9 Å². The molecule has 0 bridgehead atoms. The highest BCUT2D eigenvalue weighted by Gasteiger charge is 2.09. The van der Waals surface area contributed by atoms with Gasteiger partial charge in [0.1, 0.15) is 23.3 Å². The SMILES string of the molecule is CN=C(NCc1cc(-c2ccccc2)on1)NCC(C)Oc1cccc(OC)c1. The predicted octanol–water partition coefficient (Wildman–Crippen LogP) is 3.48. The molecule has 1 aromatic heterocycles. The summed E-state index contributed by atoms with van der Waals surface area (Å²) in [5.41, 5.74) is 1.80. The van der Waals surface area contributed by atoms with Crippen LogP contribution in [0, 0.1) is 0 Å². The van der Waals surface area contributed by atoms with Crippen molar-refractivity contribution in [1.29, 1.82) is 0 Å². The number of hydrogen-bond donors (Lipinski definition) is 2. The lowest BCUT2D eigenvalue weighted by Crippen LogP contribution is -2.41. The Morgan fingerprint density at radius 1 is 1.07 bits per heavy atom. The van der Waals surface area contributed by atoms with E-state index in [2.05, 4.69) is 20.8 Å². The number of rotatable bonds is 8. The molecular weight excluding hydrogens is 368 g/mol. The van der Waals surface area contributed by atoms with Gasteiger partial charge in [0, 0.05) is 24.7 Å². The lowest BCUT2D eigenvalue weighted by molar-refractivity contribution is 0.223. The van der Waals surface area contributed by atoms with Crippen LogP contribution in [0.3, 0.4) is 0 Å². The van der Waals surface area contributed by atoms with E-state index in [1.165, 1.54) is 0 Å². The van der Waals surface area contributed by atoms with Gasteiger partial charge in [0.2, 0.25) is 0 Å². The molecule has 7 heteroatoms. The third-order valence-electron chi connectivity index (χ3n) is 4.21. The Bertz CT molecular complexity index is 925. The van der Waals surface area contributed by atoms with E-state index in [1.54, 1.807) is 14.2 Å². The maximum absolute atomic E-state index is 5.91. The number of hydrogen-bond acceptors (Lipinski definition) is 5. The Balaban J connectivity index is 1.46. The highest BCUT2D eigenvalue weighted by atomic mass is 16.5. The van der Waals surface area contributed by atoms with Crippen LogP contribution in [0.15, 0.2) is 70.2 Å². The first-order chi connectivity index (χ1) is 14.2. The number of guanidine groups is 1. The van der Waals surface area contributed by atoms with Crippen molar-refractivity contribution in [1.82, 2.24) is 15.8 Å².